The number of benzene rings is 2. The lowest BCUT2D eigenvalue weighted by Crippen LogP contribution is -2.31. The van der Waals surface area contributed by atoms with Gasteiger partial charge < -0.3 is 4.74 Å². The van der Waals surface area contributed by atoms with Gasteiger partial charge in [0, 0.05) is 23.8 Å². The maximum Gasteiger partial charge on any atom is 0.230 e. The molecule has 0 aliphatic rings. The van der Waals surface area contributed by atoms with Crippen LogP contribution >= 0.6 is 34.5 Å². The number of aromatic nitrogens is 2. The number of sulfone groups is 1. The van der Waals surface area contributed by atoms with Crippen molar-refractivity contribution in [2.24, 2.45) is 0 Å². The number of carbonyl (C=O) groups excluding carboxylic acids is 1. The van der Waals surface area contributed by atoms with Crippen LogP contribution in [0.2, 0.25) is 10.0 Å². The van der Waals surface area contributed by atoms with E-state index in [1.807, 2.05) is 6.07 Å². The molecule has 0 fully saturated rings. The minimum Gasteiger partial charge on any atom is -0.494 e. The van der Waals surface area contributed by atoms with Crippen molar-refractivity contribution in [1.82, 2.24) is 9.97 Å². The van der Waals surface area contributed by atoms with Crippen LogP contribution in [-0.4, -0.2) is 37.2 Å². The van der Waals surface area contributed by atoms with Crippen LogP contribution in [0.25, 0.3) is 10.2 Å². The molecule has 0 bridgehead atoms. The number of ether oxygens (including phenoxy) is 1. The summed E-state index contributed by atoms with van der Waals surface area (Å²) in [5, 5.41) is 1.31. The third-order valence-corrected chi connectivity index (χ3v) is 8.54. The number of hydrogen-bond acceptors (Lipinski definition) is 7. The highest BCUT2D eigenvalue weighted by Gasteiger charge is 2.25. The van der Waals surface area contributed by atoms with Crippen molar-refractivity contribution >= 4 is 65.6 Å². The minimum absolute atomic E-state index is 0.111. The maximum atomic E-state index is 13.3. The van der Waals surface area contributed by atoms with Gasteiger partial charge in [0.1, 0.15) is 11.3 Å². The van der Waals surface area contributed by atoms with E-state index in [1.165, 1.54) is 47.6 Å². The monoisotopic (exact) mass is 535 g/mol. The Morgan fingerprint density at radius 3 is 2.56 bits per heavy atom. The first-order chi connectivity index (χ1) is 16.3. The van der Waals surface area contributed by atoms with Crippen molar-refractivity contribution in [1.29, 1.82) is 0 Å². The Balaban J connectivity index is 1.65. The van der Waals surface area contributed by atoms with Gasteiger partial charge in [0.05, 0.1) is 34.0 Å². The number of fused-ring (bicyclic) bond motifs is 1. The highest BCUT2D eigenvalue weighted by Crippen LogP contribution is 2.39. The zero-order valence-corrected chi connectivity index (χ0v) is 21.1. The van der Waals surface area contributed by atoms with Crippen molar-refractivity contribution in [3.05, 3.63) is 76.5 Å². The second-order valence-electron chi connectivity index (χ2n) is 7.29. The highest BCUT2D eigenvalue weighted by molar-refractivity contribution is 7.91. The normalized spacial score (nSPS) is 11.5. The minimum atomic E-state index is -3.68. The van der Waals surface area contributed by atoms with Crippen molar-refractivity contribution in [2.45, 2.75) is 17.9 Å². The SMILES string of the molecule is COc1ccc(Cl)c2sc(N(Cc3cccnc3)C(=O)CCS(=O)(=O)c3ccc(Cl)cc3)nc12. The fourth-order valence-corrected chi connectivity index (χ4v) is 5.90. The molecule has 0 saturated heterocycles. The Bertz CT molecular complexity index is 1430. The molecule has 2 aromatic carbocycles. The molecule has 0 aliphatic heterocycles. The van der Waals surface area contributed by atoms with Crippen LogP contribution in [0, 0.1) is 0 Å². The average molecular weight is 536 g/mol. The van der Waals surface area contributed by atoms with Crippen LogP contribution in [0.5, 0.6) is 5.75 Å². The van der Waals surface area contributed by atoms with E-state index in [-0.39, 0.29) is 23.6 Å². The second kappa shape index (κ2) is 10.3. The predicted molar refractivity (Wildman–Crippen MR) is 135 cm³/mol. The van der Waals surface area contributed by atoms with Gasteiger partial charge in [0.15, 0.2) is 15.0 Å². The molecule has 2 aromatic heterocycles. The standard InChI is InChI=1S/C23H19Cl2N3O4S2/c1-32-19-9-8-18(25)22-21(19)27-23(33-22)28(14-15-3-2-11-26-13-15)20(29)10-12-34(30,31)17-6-4-16(24)5-7-17/h2-9,11,13H,10,12,14H2,1H3. The Hall–Kier alpha value is -2.72. The van der Waals surface area contributed by atoms with Gasteiger partial charge in [-0.05, 0) is 48.0 Å². The first kappa shape index (κ1) is 24.4. The summed E-state index contributed by atoms with van der Waals surface area (Å²) in [6, 6.07) is 12.9. The van der Waals surface area contributed by atoms with Gasteiger partial charge in [-0.25, -0.2) is 13.4 Å². The third kappa shape index (κ3) is 5.33. The highest BCUT2D eigenvalue weighted by atomic mass is 35.5. The molecular weight excluding hydrogens is 517 g/mol. The number of rotatable bonds is 8. The molecule has 0 N–H and O–H groups in total. The summed E-state index contributed by atoms with van der Waals surface area (Å²) < 4.78 is 31.6. The number of nitrogens with zero attached hydrogens (tertiary/aromatic N) is 3. The molecule has 7 nitrogen and oxygen atoms in total. The van der Waals surface area contributed by atoms with Crippen LogP contribution in [0.15, 0.2) is 65.8 Å². The molecule has 11 heteroatoms. The fourth-order valence-electron chi connectivity index (χ4n) is 3.27. The number of carbonyl (C=O) groups is 1. The number of methoxy groups -OCH3 is 1. The number of anilines is 1. The van der Waals surface area contributed by atoms with Gasteiger partial charge in [-0.15, -0.1) is 0 Å². The quantitative estimate of drug-likeness (QED) is 0.300. The van der Waals surface area contributed by atoms with Gasteiger partial charge in [0.25, 0.3) is 0 Å². The van der Waals surface area contributed by atoms with Gasteiger partial charge in [-0.1, -0.05) is 40.6 Å². The van der Waals surface area contributed by atoms with Crippen molar-refractivity contribution in [3.8, 4) is 5.75 Å². The maximum absolute atomic E-state index is 13.3. The van der Waals surface area contributed by atoms with Crippen LogP contribution in [-0.2, 0) is 21.2 Å². The van der Waals surface area contributed by atoms with Crippen molar-refractivity contribution < 1.29 is 17.9 Å². The molecule has 0 radical (unpaired) electrons. The summed E-state index contributed by atoms with van der Waals surface area (Å²) in [5.41, 5.74) is 1.31. The van der Waals surface area contributed by atoms with E-state index in [9.17, 15) is 13.2 Å². The lowest BCUT2D eigenvalue weighted by molar-refractivity contribution is -0.118. The van der Waals surface area contributed by atoms with Crippen LogP contribution in [0.1, 0.15) is 12.0 Å². The van der Waals surface area contributed by atoms with Gasteiger partial charge in [0.2, 0.25) is 5.91 Å². The molecule has 0 saturated carbocycles. The lowest BCUT2D eigenvalue weighted by Gasteiger charge is -2.20. The van der Waals surface area contributed by atoms with E-state index >= 15 is 0 Å². The first-order valence-electron chi connectivity index (χ1n) is 10.1. The van der Waals surface area contributed by atoms with E-state index in [0.717, 1.165) is 5.56 Å². The van der Waals surface area contributed by atoms with Gasteiger partial charge in [-0.3, -0.25) is 14.7 Å². The summed E-state index contributed by atoms with van der Waals surface area (Å²) in [6.07, 6.45) is 3.05. The first-order valence-corrected chi connectivity index (χ1v) is 13.3. The Morgan fingerprint density at radius 2 is 1.88 bits per heavy atom. The topological polar surface area (TPSA) is 89.5 Å². The van der Waals surface area contributed by atoms with Gasteiger partial charge in [-0.2, -0.15) is 0 Å². The number of thiazole rings is 1. The molecule has 1 amide bonds. The summed E-state index contributed by atoms with van der Waals surface area (Å²) in [5.74, 6) is -0.220. The summed E-state index contributed by atoms with van der Waals surface area (Å²) in [4.78, 5) is 23.6. The predicted octanol–water partition coefficient (Wildman–Crippen LogP) is 5.40. The molecule has 176 valence electrons. The smallest absolute Gasteiger partial charge is 0.230 e. The lowest BCUT2D eigenvalue weighted by atomic mass is 10.2. The second-order valence-corrected chi connectivity index (χ2v) is 11.2. The largest absolute Gasteiger partial charge is 0.494 e. The number of amides is 1. The zero-order chi connectivity index (χ0) is 24.3. The van der Waals surface area contributed by atoms with E-state index in [0.29, 0.717) is 31.1 Å². The van der Waals surface area contributed by atoms with Crippen molar-refractivity contribution in [2.75, 3.05) is 17.8 Å². The molecule has 4 aromatic rings. The molecular formula is C23H19Cl2N3O4S2. The molecule has 34 heavy (non-hydrogen) atoms. The fraction of sp³-hybridized carbons (Fsp3) is 0.174. The molecule has 0 atom stereocenters. The van der Waals surface area contributed by atoms with Crippen LogP contribution in [0.4, 0.5) is 5.13 Å². The van der Waals surface area contributed by atoms with E-state index in [1.54, 1.807) is 30.6 Å². The van der Waals surface area contributed by atoms with E-state index in [4.69, 9.17) is 27.9 Å². The van der Waals surface area contributed by atoms with Crippen molar-refractivity contribution in [3.63, 3.8) is 0 Å². The molecule has 0 spiro atoms. The average Bonchev–Trinajstić information content (AvgIpc) is 3.28. The Labute approximate surface area is 210 Å². The van der Waals surface area contributed by atoms with Crippen LogP contribution in [0.3, 0.4) is 0 Å². The summed E-state index contributed by atoms with van der Waals surface area (Å²) in [6.45, 7) is 0.174. The van der Waals surface area contributed by atoms with Crippen LogP contribution < -0.4 is 9.64 Å². The zero-order valence-electron chi connectivity index (χ0n) is 17.9. The van der Waals surface area contributed by atoms with E-state index < -0.39 is 15.7 Å². The molecule has 0 unspecified atom stereocenters. The Morgan fingerprint density at radius 1 is 1.12 bits per heavy atom. The summed E-state index contributed by atoms with van der Waals surface area (Å²) >= 11 is 13.5. The number of hydrogen-bond donors (Lipinski definition) is 0. The van der Waals surface area contributed by atoms with Gasteiger partial charge >= 0.3 is 0 Å². The molecule has 4 rings (SSSR count). The Kier molecular flexibility index (Phi) is 7.37. The third-order valence-electron chi connectivity index (χ3n) is 5.02. The summed E-state index contributed by atoms with van der Waals surface area (Å²) in [7, 11) is -2.15. The molecule has 2 heterocycles. The number of halogens is 2. The molecule has 0 aliphatic carbocycles. The van der Waals surface area contributed by atoms with E-state index in [2.05, 4.69) is 9.97 Å². The number of pyridine rings is 1.